The standard InChI is InChI=1S/C20H23F3N2O.C2H7N.C2H6/c1-12(2)9-10-25(4)20(26)14-6-7-15(21)18(23)19(14)24-17-8-5-13(3)11-16(17)22;1-3-2;1-2/h5-8,11-12,24H,9-10H2,1-4H3;3H,1-2H3;1-2H3. The van der Waals surface area contributed by atoms with Gasteiger partial charge in [-0.05, 0) is 63.2 Å². The first-order valence-electron chi connectivity index (χ1n) is 10.5. The molecule has 2 N–H and O–H groups in total. The van der Waals surface area contributed by atoms with Crippen LogP contribution in [0.5, 0.6) is 0 Å². The van der Waals surface area contributed by atoms with E-state index in [0.717, 1.165) is 12.5 Å². The molecule has 2 aromatic rings. The number of halogens is 3. The number of anilines is 2. The molecule has 0 aliphatic heterocycles. The number of aryl methyl sites for hydroxylation is 1. The predicted octanol–water partition coefficient (Wildman–Crippen LogP) is 6.14. The zero-order valence-corrected chi connectivity index (χ0v) is 19.9. The van der Waals surface area contributed by atoms with Crippen LogP contribution < -0.4 is 10.6 Å². The third-order valence-electron chi connectivity index (χ3n) is 4.10. The zero-order valence-electron chi connectivity index (χ0n) is 19.9. The van der Waals surface area contributed by atoms with E-state index in [-0.39, 0.29) is 16.9 Å². The Kier molecular flexibility index (Phi) is 13.3. The van der Waals surface area contributed by atoms with Crippen molar-refractivity contribution in [2.24, 2.45) is 5.92 Å². The zero-order chi connectivity index (χ0) is 24.1. The Morgan fingerprint density at radius 3 is 2.13 bits per heavy atom. The summed E-state index contributed by atoms with van der Waals surface area (Å²) in [6.07, 6.45) is 0.779. The lowest BCUT2D eigenvalue weighted by Gasteiger charge is -2.21. The van der Waals surface area contributed by atoms with Gasteiger partial charge in [0.25, 0.3) is 5.91 Å². The fourth-order valence-electron chi connectivity index (χ4n) is 2.47. The summed E-state index contributed by atoms with van der Waals surface area (Å²) in [6.45, 7) is 10.3. The minimum absolute atomic E-state index is 0.0287. The van der Waals surface area contributed by atoms with Crippen LogP contribution >= 0.6 is 0 Å². The summed E-state index contributed by atoms with van der Waals surface area (Å²) in [5.41, 5.74) is 0.251. The van der Waals surface area contributed by atoms with Crippen molar-refractivity contribution >= 4 is 17.3 Å². The van der Waals surface area contributed by atoms with E-state index in [2.05, 4.69) is 10.6 Å². The first-order valence-corrected chi connectivity index (χ1v) is 10.5. The molecule has 4 nitrogen and oxygen atoms in total. The largest absolute Gasteiger partial charge is 0.350 e. The van der Waals surface area contributed by atoms with Crippen molar-refractivity contribution in [2.75, 3.05) is 33.0 Å². The Hall–Kier alpha value is -2.54. The molecule has 0 spiro atoms. The van der Waals surface area contributed by atoms with Gasteiger partial charge in [-0.25, -0.2) is 13.2 Å². The SMILES string of the molecule is CC.CNC.Cc1ccc(Nc2c(C(=O)N(C)CCC(C)C)ccc(F)c2F)c(F)c1. The molecule has 0 heterocycles. The third-order valence-corrected chi connectivity index (χ3v) is 4.10. The second-order valence-corrected chi connectivity index (χ2v) is 7.30. The maximum Gasteiger partial charge on any atom is 0.255 e. The second-order valence-electron chi connectivity index (χ2n) is 7.30. The van der Waals surface area contributed by atoms with Gasteiger partial charge in [-0.3, -0.25) is 4.79 Å². The van der Waals surface area contributed by atoms with Gasteiger partial charge < -0.3 is 15.5 Å². The molecule has 0 bridgehead atoms. The molecule has 0 aromatic heterocycles. The van der Waals surface area contributed by atoms with E-state index in [1.807, 2.05) is 41.8 Å². The summed E-state index contributed by atoms with van der Waals surface area (Å²) >= 11 is 0. The van der Waals surface area contributed by atoms with Crippen LogP contribution in [0.15, 0.2) is 30.3 Å². The third kappa shape index (κ3) is 9.00. The predicted molar refractivity (Wildman–Crippen MR) is 124 cm³/mol. The molecule has 0 fully saturated rings. The number of amides is 1. The molecule has 0 unspecified atom stereocenters. The number of rotatable bonds is 6. The Morgan fingerprint density at radius 2 is 1.61 bits per heavy atom. The topological polar surface area (TPSA) is 44.4 Å². The summed E-state index contributed by atoms with van der Waals surface area (Å²) in [7, 11) is 5.35. The van der Waals surface area contributed by atoms with Gasteiger partial charge in [0.2, 0.25) is 0 Å². The number of nitrogens with one attached hydrogen (secondary N) is 2. The maximum absolute atomic E-state index is 14.4. The number of benzene rings is 2. The van der Waals surface area contributed by atoms with Gasteiger partial charge in [-0.1, -0.05) is 33.8 Å². The number of nitrogens with zero attached hydrogens (tertiary/aromatic N) is 1. The molecule has 0 atom stereocenters. The Bertz CT molecular complexity index is 826. The minimum atomic E-state index is -1.21. The summed E-state index contributed by atoms with van der Waals surface area (Å²) in [4.78, 5) is 14.1. The molecule has 2 aromatic carbocycles. The van der Waals surface area contributed by atoms with E-state index in [4.69, 9.17) is 0 Å². The van der Waals surface area contributed by atoms with Crippen molar-refractivity contribution < 1.29 is 18.0 Å². The summed E-state index contributed by atoms with van der Waals surface area (Å²) in [5, 5.41) is 5.29. The highest BCUT2D eigenvalue weighted by molar-refractivity contribution is 6.00. The Morgan fingerprint density at radius 1 is 1.03 bits per heavy atom. The van der Waals surface area contributed by atoms with Gasteiger partial charge in [0, 0.05) is 13.6 Å². The molecule has 0 saturated heterocycles. The van der Waals surface area contributed by atoms with Crippen LogP contribution in [0.4, 0.5) is 24.5 Å². The van der Waals surface area contributed by atoms with E-state index < -0.39 is 23.4 Å². The van der Waals surface area contributed by atoms with Crippen LogP contribution in [-0.2, 0) is 0 Å². The first-order chi connectivity index (χ1) is 14.6. The van der Waals surface area contributed by atoms with Crippen molar-refractivity contribution in [3.8, 4) is 0 Å². The van der Waals surface area contributed by atoms with Crippen LogP contribution in [0.3, 0.4) is 0 Å². The second kappa shape index (κ2) is 14.5. The minimum Gasteiger partial charge on any atom is -0.350 e. The maximum atomic E-state index is 14.4. The molecule has 2 rings (SSSR count). The van der Waals surface area contributed by atoms with E-state index in [0.29, 0.717) is 18.0 Å². The summed E-state index contributed by atoms with van der Waals surface area (Å²) < 4.78 is 42.2. The van der Waals surface area contributed by atoms with Crippen LogP contribution in [0, 0.1) is 30.3 Å². The lowest BCUT2D eigenvalue weighted by molar-refractivity contribution is 0.0789. The summed E-state index contributed by atoms with van der Waals surface area (Å²) in [5.74, 6) is -3.00. The van der Waals surface area contributed by atoms with Gasteiger partial charge in [0.1, 0.15) is 5.82 Å². The average Bonchev–Trinajstić information content (AvgIpc) is 2.73. The fourth-order valence-corrected chi connectivity index (χ4v) is 2.47. The number of carbonyl (C=O) groups is 1. The van der Waals surface area contributed by atoms with E-state index in [1.165, 1.54) is 23.1 Å². The highest BCUT2D eigenvalue weighted by Crippen LogP contribution is 2.29. The molecule has 31 heavy (non-hydrogen) atoms. The quantitative estimate of drug-likeness (QED) is 0.569. The van der Waals surface area contributed by atoms with E-state index >= 15 is 0 Å². The van der Waals surface area contributed by atoms with Gasteiger partial charge >= 0.3 is 0 Å². The lowest BCUT2D eigenvalue weighted by Crippen LogP contribution is -2.29. The number of hydrogen-bond acceptors (Lipinski definition) is 3. The highest BCUT2D eigenvalue weighted by atomic mass is 19.2. The molecule has 0 aliphatic carbocycles. The van der Waals surface area contributed by atoms with Gasteiger partial charge in [-0.15, -0.1) is 0 Å². The normalized spacial score (nSPS) is 9.94. The van der Waals surface area contributed by atoms with Crippen molar-refractivity contribution in [3.63, 3.8) is 0 Å². The van der Waals surface area contributed by atoms with Gasteiger partial charge in [0.05, 0.1) is 16.9 Å². The highest BCUT2D eigenvalue weighted by Gasteiger charge is 2.22. The molecule has 0 aliphatic rings. The smallest absolute Gasteiger partial charge is 0.255 e. The molecule has 7 heteroatoms. The Labute approximate surface area is 184 Å². The first kappa shape index (κ1) is 28.5. The number of carbonyl (C=O) groups excluding carboxylic acids is 1. The fraction of sp³-hybridized carbons (Fsp3) is 0.458. The molecule has 1 amide bonds. The average molecular weight is 440 g/mol. The molecule has 174 valence electrons. The molecule has 0 radical (unpaired) electrons. The molecule has 0 saturated carbocycles. The van der Waals surface area contributed by atoms with Crippen molar-refractivity contribution in [1.82, 2.24) is 10.2 Å². The van der Waals surface area contributed by atoms with Crippen molar-refractivity contribution in [1.29, 1.82) is 0 Å². The van der Waals surface area contributed by atoms with Crippen LogP contribution in [0.2, 0.25) is 0 Å². The summed E-state index contributed by atoms with van der Waals surface area (Å²) in [6, 6.07) is 6.44. The van der Waals surface area contributed by atoms with Gasteiger partial charge in [0.15, 0.2) is 11.6 Å². The van der Waals surface area contributed by atoms with E-state index in [9.17, 15) is 18.0 Å². The van der Waals surface area contributed by atoms with E-state index in [1.54, 1.807) is 20.0 Å². The lowest BCUT2D eigenvalue weighted by atomic mass is 10.1. The van der Waals surface area contributed by atoms with Crippen molar-refractivity contribution in [2.45, 2.75) is 41.0 Å². The van der Waals surface area contributed by atoms with Crippen LogP contribution in [0.25, 0.3) is 0 Å². The molecular formula is C24H36F3N3O. The van der Waals surface area contributed by atoms with Crippen molar-refractivity contribution in [3.05, 3.63) is 58.9 Å². The molecular weight excluding hydrogens is 403 g/mol. The number of hydrogen-bond donors (Lipinski definition) is 2. The monoisotopic (exact) mass is 439 g/mol. The Balaban J connectivity index is 0.00000165. The van der Waals surface area contributed by atoms with Crippen LogP contribution in [0.1, 0.15) is 50.0 Å². The van der Waals surface area contributed by atoms with Crippen LogP contribution in [-0.4, -0.2) is 38.5 Å². The van der Waals surface area contributed by atoms with Gasteiger partial charge in [-0.2, -0.15) is 0 Å².